The summed E-state index contributed by atoms with van der Waals surface area (Å²) in [6, 6.07) is 8.16. The maximum atomic E-state index is 13.5. The Kier molecular flexibility index (Phi) is 5.04. The summed E-state index contributed by atoms with van der Waals surface area (Å²) in [4.78, 5) is 15.3. The number of sulfonamides is 1. The van der Waals surface area contributed by atoms with Crippen molar-refractivity contribution in [3.05, 3.63) is 53.6 Å². The number of carbonyl (C=O) groups excluding carboxylic acids is 1. The van der Waals surface area contributed by atoms with Crippen molar-refractivity contribution in [3.8, 4) is 0 Å². The lowest BCUT2D eigenvalue weighted by molar-refractivity contribution is -0.116. The van der Waals surface area contributed by atoms with E-state index in [-0.39, 0.29) is 23.9 Å². The monoisotopic (exact) mass is 421 g/mol. The molecule has 2 aliphatic heterocycles. The van der Waals surface area contributed by atoms with E-state index in [1.165, 1.54) is 29.4 Å². The number of hydrogen-bond donors (Lipinski definition) is 0. The van der Waals surface area contributed by atoms with E-state index in [1.54, 1.807) is 21.9 Å². The van der Waals surface area contributed by atoms with E-state index < -0.39 is 21.7 Å². The Morgan fingerprint density at radius 1 is 0.931 bits per heavy atom. The van der Waals surface area contributed by atoms with Gasteiger partial charge in [-0.2, -0.15) is 4.31 Å². The third-order valence-corrected chi connectivity index (χ3v) is 7.31. The van der Waals surface area contributed by atoms with Crippen LogP contribution in [0.1, 0.15) is 12.5 Å². The molecule has 1 saturated heterocycles. The summed E-state index contributed by atoms with van der Waals surface area (Å²) in [5.41, 5.74) is 2.01. The van der Waals surface area contributed by atoms with Crippen molar-refractivity contribution in [2.75, 3.05) is 42.5 Å². The van der Waals surface area contributed by atoms with Crippen molar-refractivity contribution in [3.63, 3.8) is 0 Å². The summed E-state index contributed by atoms with van der Waals surface area (Å²) in [7, 11) is -3.69. The lowest BCUT2D eigenvalue weighted by Gasteiger charge is -2.35. The van der Waals surface area contributed by atoms with Crippen molar-refractivity contribution in [1.29, 1.82) is 0 Å². The smallest absolute Gasteiger partial charge is 0.243 e. The van der Waals surface area contributed by atoms with Gasteiger partial charge in [-0.15, -0.1) is 0 Å². The first-order valence-electron chi connectivity index (χ1n) is 9.38. The number of hydrogen-bond acceptors (Lipinski definition) is 4. The van der Waals surface area contributed by atoms with Crippen LogP contribution in [0, 0.1) is 11.6 Å². The van der Waals surface area contributed by atoms with E-state index in [9.17, 15) is 22.0 Å². The SMILES string of the molecule is CC(=O)N1CCc2cc(S(=O)(=O)N3CCN(c4cc(F)cc(F)c4)CC3)ccc21. The lowest BCUT2D eigenvalue weighted by atomic mass is 10.2. The van der Waals surface area contributed by atoms with Crippen molar-refractivity contribution in [2.45, 2.75) is 18.2 Å². The summed E-state index contributed by atoms with van der Waals surface area (Å²) in [6.45, 7) is 3.16. The molecule has 0 atom stereocenters. The molecule has 4 rings (SSSR count). The first-order chi connectivity index (χ1) is 13.8. The summed E-state index contributed by atoms with van der Waals surface area (Å²) in [5.74, 6) is -1.38. The van der Waals surface area contributed by atoms with Crippen molar-refractivity contribution < 1.29 is 22.0 Å². The molecule has 0 N–H and O–H groups in total. The Balaban J connectivity index is 1.50. The molecule has 0 aromatic heterocycles. The van der Waals surface area contributed by atoms with Gasteiger partial charge in [0, 0.05) is 57.1 Å². The molecule has 0 spiro atoms. The summed E-state index contributed by atoms with van der Waals surface area (Å²) in [5, 5.41) is 0. The number of anilines is 2. The first kappa shape index (κ1) is 19.8. The van der Waals surface area contributed by atoms with Crippen molar-refractivity contribution in [2.24, 2.45) is 0 Å². The zero-order valence-electron chi connectivity index (χ0n) is 15.9. The Morgan fingerprint density at radius 3 is 2.21 bits per heavy atom. The molecule has 2 aromatic carbocycles. The zero-order chi connectivity index (χ0) is 20.8. The minimum absolute atomic E-state index is 0.0655. The second-order valence-electron chi connectivity index (χ2n) is 7.23. The molecule has 6 nitrogen and oxygen atoms in total. The fourth-order valence-electron chi connectivity index (χ4n) is 3.92. The van der Waals surface area contributed by atoms with Crippen LogP contribution >= 0.6 is 0 Å². The molecule has 0 aliphatic carbocycles. The lowest BCUT2D eigenvalue weighted by Crippen LogP contribution is -2.48. The van der Waals surface area contributed by atoms with Crippen LogP contribution in [0.15, 0.2) is 41.3 Å². The van der Waals surface area contributed by atoms with E-state index in [4.69, 9.17) is 0 Å². The summed E-state index contributed by atoms with van der Waals surface area (Å²) >= 11 is 0. The second-order valence-corrected chi connectivity index (χ2v) is 9.17. The summed E-state index contributed by atoms with van der Waals surface area (Å²) < 4.78 is 54.4. The predicted molar refractivity (Wildman–Crippen MR) is 106 cm³/mol. The van der Waals surface area contributed by atoms with Crippen LogP contribution in [0.25, 0.3) is 0 Å². The van der Waals surface area contributed by atoms with Crippen molar-refractivity contribution in [1.82, 2.24) is 4.31 Å². The standard InChI is InChI=1S/C20H21F2N3O3S/c1-14(26)25-5-4-15-10-19(2-3-20(15)25)29(27,28)24-8-6-23(7-9-24)18-12-16(21)11-17(22)13-18/h2-3,10-13H,4-9H2,1H3. The number of amides is 1. The van der Waals surface area contributed by atoms with E-state index in [1.807, 2.05) is 0 Å². The molecule has 0 bridgehead atoms. The number of fused-ring (bicyclic) bond motifs is 1. The van der Waals surface area contributed by atoms with Crippen LogP contribution in [-0.2, 0) is 21.2 Å². The fourth-order valence-corrected chi connectivity index (χ4v) is 5.40. The van der Waals surface area contributed by atoms with Gasteiger partial charge in [0.1, 0.15) is 11.6 Å². The van der Waals surface area contributed by atoms with Crippen molar-refractivity contribution >= 4 is 27.3 Å². The highest BCUT2D eigenvalue weighted by molar-refractivity contribution is 7.89. The van der Waals surface area contributed by atoms with Gasteiger partial charge < -0.3 is 9.80 Å². The van der Waals surface area contributed by atoms with Crippen LogP contribution < -0.4 is 9.80 Å². The largest absolute Gasteiger partial charge is 0.369 e. The number of nitrogens with zero attached hydrogens (tertiary/aromatic N) is 3. The maximum absolute atomic E-state index is 13.5. The van der Waals surface area contributed by atoms with Gasteiger partial charge in [-0.1, -0.05) is 0 Å². The number of halogens is 2. The van der Waals surface area contributed by atoms with Gasteiger partial charge in [-0.25, -0.2) is 17.2 Å². The maximum Gasteiger partial charge on any atom is 0.243 e. The summed E-state index contributed by atoms with van der Waals surface area (Å²) in [6.07, 6.45) is 0.622. The minimum Gasteiger partial charge on any atom is -0.369 e. The van der Waals surface area contributed by atoms with Gasteiger partial charge in [-0.3, -0.25) is 4.79 Å². The van der Waals surface area contributed by atoms with E-state index in [0.29, 0.717) is 31.7 Å². The molecule has 0 radical (unpaired) electrons. The molecule has 154 valence electrons. The molecule has 29 heavy (non-hydrogen) atoms. The average Bonchev–Trinajstić information content (AvgIpc) is 3.11. The van der Waals surface area contributed by atoms with E-state index >= 15 is 0 Å². The van der Waals surface area contributed by atoms with Gasteiger partial charge in [0.2, 0.25) is 15.9 Å². The van der Waals surface area contributed by atoms with Crippen LogP contribution in [0.2, 0.25) is 0 Å². The number of rotatable bonds is 3. The molecule has 1 amide bonds. The topological polar surface area (TPSA) is 60.9 Å². The van der Waals surface area contributed by atoms with Crippen LogP contribution in [0.5, 0.6) is 0 Å². The highest BCUT2D eigenvalue weighted by Crippen LogP contribution is 2.31. The molecular formula is C20H21F2N3O3S. The Bertz CT molecular complexity index is 1050. The van der Waals surface area contributed by atoms with Gasteiger partial charge in [-0.05, 0) is 42.3 Å². The second kappa shape index (κ2) is 7.38. The number of benzene rings is 2. The predicted octanol–water partition coefficient (Wildman–Crippen LogP) is 2.38. The molecule has 0 unspecified atom stereocenters. The van der Waals surface area contributed by atoms with E-state index in [2.05, 4.69) is 0 Å². The normalized spacial score (nSPS) is 17.5. The van der Waals surface area contributed by atoms with E-state index in [0.717, 1.165) is 17.3 Å². The van der Waals surface area contributed by atoms with Gasteiger partial charge >= 0.3 is 0 Å². The molecule has 9 heteroatoms. The van der Waals surface area contributed by atoms with Crippen LogP contribution in [-0.4, -0.2) is 51.4 Å². The van der Waals surface area contributed by atoms with Crippen LogP contribution in [0.3, 0.4) is 0 Å². The average molecular weight is 421 g/mol. The zero-order valence-corrected chi connectivity index (χ0v) is 16.8. The van der Waals surface area contributed by atoms with Gasteiger partial charge in [0.05, 0.1) is 4.90 Å². The quantitative estimate of drug-likeness (QED) is 0.764. The molecule has 2 heterocycles. The highest BCUT2D eigenvalue weighted by atomic mass is 32.2. The molecule has 2 aliphatic rings. The highest BCUT2D eigenvalue weighted by Gasteiger charge is 2.31. The fraction of sp³-hybridized carbons (Fsp3) is 0.350. The molecule has 0 saturated carbocycles. The third-order valence-electron chi connectivity index (χ3n) is 5.42. The van der Waals surface area contributed by atoms with Gasteiger partial charge in [0.25, 0.3) is 0 Å². The number of piperazine rings is 1. The Labute approximate surface area is 168 Å². The molecule has 1 fully saturated rings. The van der Waals surface area contributed by atoms with Crippen LogP contribution in [0.4, 0.5) is 20.2 Å². The Morgan fingerprint density at radius 2 is 1.59 bits per heavy atom. The number of carbonyl (C=O) groups is 1. The first-order valence-corrected chi connectivity index (χ1v) is 10.8. The minimum atomic E-state index is -3.69. The molecular weight excluding hydrogens is 400 g/mol. The third kappa shape index (κ3) is 3.72. The van der Waals surface area contributed by atoms with Gasteiger partial charge in [0.15, 0.2) is 0 Å². The molecule has 2 aromatic rings. The Hall–Kier alpha value is -2.52.